The summed E-state index contributed by atoms with van der Waals surface area (Å²) in [7, 11) is 1.56. The average molecular weight is 213 g/mol. The molecule has 0 heterocycles. The molecule has 0 radical (unpaired) electrons. The summed E-state index contributed by atoms with van der Waals surface area (Å²) in [5.74, 6) is -0.321. The van der Waals surface area contributed by atoms with Gasteiger partial charge in [-0.25, -0.2) is 4.79 Å². The van der Waals surface area contributed by atoms with Crippen LogP contribution in [0.3, 0.4) is 0 Å². The highest BCUT2D eigenvalue weighted by atomic mass is 16.4. The van der Waals surface area contributed by atoms with Crippen molar-refractivity contribution in [1.82, 2.24) is 4.90 Å². The summed E-state index contributed by atoms with van der Waals surface area (Å²) in [6.45, 7) is 4.05. The molecular formula is C11H19NO3. The van der Waals surface area contributed by atoms with Gasteiger partial charge in [0.2, 0.25) is 6.41 Å². The number of carboxylic acid groups (broad SMARTS) is 1. The van der Waals surface area contributed by atoms with Crippen LogP contribution in [-0.2, 0) is 9.59 Å². The van der Waals surface area contributed by atoms with E-state index in [4.69, 9.17) is 0 Å². The van der Waals surface area contributed by atoms with E-state index in [9.17, 15) is 14.7 Å². The maximum Gasteiger partial charge on any atom is 0.329 e. The van der Waals surface area contributed by atoms with E-state index < -0.39 is 11.5 Å². The Bertz CT molecular complexity index is 267. The number of likely N-dealkylation sites (N-methyl/N-ethyl adjacent to an activating group) is 1. The third-order valence-electron chi connectivity index (χ3n) is 3.75. The van der Waals surface area contributed by atoms with E-state index in [1.807, 2.05) is 6.92 Å². The molecule has 4 heteroatoms. The van der Waals surface area contributed by atoms with E-state index in [1.165, 1.54) is 4.90 Å². The van der Waals surface area contributed by atoms with Crippen LogP contribution < -0.4 is 0 Å². The number of hydrogen-bond donors (Lipinski definition) is 1. The molecule has 0 aliphatic heterocycles. The van der Waals surface area contributed by atoms with Gasteiger partial charge in [0.1, 0.15) is 5.54 Å². The van der Waals surface area contributed by atoms with Gasteiger partial charge in [0.15, 0.2) is 0 Å². The Hall–Kier alpha value is -1.06. The van der Waals surface area contributed by atoms with Gasteiger partial charge in [-0.3, -0.25) is 4.79 Å². The Morgan fingerprint density at radius 2 is 2.13 bits per heavy atom. The standard InChI is InChI=1S/C11H19NO3/c1-8-4-5-11(10(14)15,9(2)6-8)12(3)7-13/h7-9H,4-6H2,1-3H3,(H,14,15). The van der Waals surface area contributed by atoms with Crippen molar-refractivity contribution >= 4 is 12.4 Å². The van der Waals surface area contributed by atoms with Crippen molar-refractivity contribution in [1.29, 1.82) is 0 Å². The number of amides is 1. The molecule has 1 fully saturated rings. The topological polar surface area (TPSA) is 57.6 Å². The highest BCUT2D eigenvalue weighted by Crippen LogP contribution is 2.40. The largest absolute Gasteiger partial charge is 0.479 e. The first-order chi connectivity index (χ1) is 6.95. The van der Waals surface area contributed by atoms with Gasteiger partial charge in [-0.1, -0.05) is 13.8 Å². The van der Waals surface area contributed by atoms with Crippen LogP contribution in [0.15, 0.2) is 0 Å². The van der Waals surface area contributed by atoms with Crippen LogP contribution >= 0.6 is 0 Å². The van der Waals surface area contributed by atoms with E-state index in [2.05, 4.69) is 6.92 Å². The predicted molar refractivity (Wildman–Crippen MR) is 56.4 cm³/mol. The molecule has 86 valence electrons. The molecule has 0 saturated heterocycles. The first-order valence-corrected chi connectivity index (χ1v) is 5.36. The number of carbonyl (C=O) groups is 2. The van der Waals surface area contributed by atoms with Crippen LogP contribution in [0.4, 0.5) is 0 Å². The molecule has 0 aromatic carbocycles. The summed E-state index contributed by atoms with van der Waals surface area (Å²) in [5.41, 5.74) is -0.992. The van der Waals surface area contributed by atoms with Crippen LogP contribution in [0.1, 0.15) is 33.1 Å². The Balaban J connectivity index is 3.00. The van der Waals surface area contributed by atoms with Crippen molar-refractivity contribution in [3.63, 3.8) is 0 Å². The van der Waals surface area contributed by atoms with Crippen molar-refractivity contribution in [3.8, 4) is 0 Å². The van der Waals surface area contributed by atoms with E-state index in [1.54, 1.807) is 7.05 Å². The van der Waals surface area contributed by atoms with Gasteiger partial charge in [-0.05, 0) is 31.1 Å². The smallest absolute Gasteiger partial charge is 0.329 e. The molecule has 1 amide bonds. The zero-order valence-corrected chi connectivity index (χ0v) is 9.56. The van der Waals surface area contributed by atoms with Crippen molar-refractivity contribution in [2.45, 2.75) is 38.6 Å². The minimum Gasteiger partial charge on any atom is -0.479 e. The first-order valence-electron chi connectivity index (χ1n) is 5.36. The van der Waals surface area contributed by atoms with Crippen LogP contribution in [0.5, 0.6) is 0 Å². The maximum absolute atomic E-state index is 11.4. The second-order valence-corrected chi connectivity index (χ2v) is 4.73. The molecule has 1 rings (SSSR count). The first kappa shape index (κ1) is 12.0. The van der Waals surface area contributed by atoms with Gasteiger partial charge in [-0.15, -0.1) is 0 Å². The van der Waals surface area contributed by atoms with Gasteiger partial charge in [-0.2, -0.15) is 0 Å². The molecule has 3 atom stereocenters. The fourth-order valence-electron chi connectivity index (χ4n) is 2.72. The highest BCUT2D eigenvalue weighted by molar-refractivity contribution is 5.82. The molecule has 15 heavy (non-hydrogen) atoms. The van der Waals surface area contributed by atoms with Crippen LogP contribution in [0, 0.1) is 11.8 Å². The minimum absolute atomic E-state index is 0.00829. The summed E-state index contributed by atoms with van der Waals surface area (Å²) < 4.78 is 0. The van der Waals surface area contributed by atoms with Crippen molar-refractivity contribution < 1.29 is 14.7 Å². The van der Waals surface area contributed by atoms with E-state index >= 15 is 0 Å². The number of carbonyl (C=O) groups excluding carboxylic acids is 1. The van der Waals surface area contributed by atoms with Crippen molar-refractivity contribution in [3.05, 3.63) is 0 Å². The third-order valence-corrected chi connectivity index (χ3v) is 3.75. The van der Waals surface area contributed by atoms with Crippen LogP contribution in [0.2, 0.25) is 0 Å². The number of hydrogen-bond acceptors (Lipinski definition) is 2. The highest BCUT2D eigenvalue weighted by Gasteiger charge is 2.49. The molecule has 0 aromatic rings. The van der Waals surface area contributed by atoms with Gasteiger partial charge >= 0.3 is 5.97 Å². The van der Waals surface area contributed by atoms with Crippen LogP contribution in [-0.4, -0.2) is 35.0 Å². The van der Waals surface area contributed by atoms with Gasteiger partial charge < -0.3 is 10.0 Å². The summed E-state index contributed by atoms with van der Waals surface area (Å²) in [4.78, 5) is 23.5. The summed E-state index contributed by atoms with van der Waals surface area (Å²) in [5, 5.41) is 9.35. The van der Waals surface area contributed by atoms with E-state index in [0.717, 1.165) is 12.8 Å². The zero-order chi connectivity index (χ0) is 11.6. The van der Waals surface area contributed by atoms with Crippen molar-refractivity contribution in [2.24, 2.45) is 11.8 Å². The normalized spacial score (nSPS) is 35.9. The zero-order valence-electron chi connectivity index (χ0n) is 9.56. The molecule has 4 nitrogen and oxygen atoms in total. The Morgan fingerprint density at radius 1 is 1.53 bits per heavy atom. The lowest BCUT2D eigenvalue weighted by Crippen LogP contribution is -2.59. The lowest BCUT2D eigenvalue weighted by Gasteiger charge is -2.45. The molecule has 1 aliphatic rings. The second-order valence-electron chi connectivity index (χ2n) is 4.73. The summed E-state index contributed by atoms with van der Waals surface area (Å²) in [6.07, 6.45) is 2.92. The quantitative estimate of drug-likeness (QED) is 0.720. The Labute approximate surface area is 90.3 Å². The lowest BCUT2D eigenvalue weighted by molar-refractivity contribution is -0.161. The number of aliphatic carboxylic acids is 1. The molecule has 3 unspecified atom stereocenters. The van der Waals surface area contributed by atoms with E-state index in [-0.39, 0.29) is 5.92 Å². The SMILES string of the molecule is CC1CCC(C(=O)O)(N(C)C=O)C(C)C1. The summed E-state index contributed by atoms with van der Waals surface area (Å²) in [6, 6.07) is 0. The lowest BCUT2D eigenvalue weighted by atomic mass is 9.69. The number of nitrogens with zero attached hydrogens (tertiary/aromatic N) is 1. The number of carboxylic acids is 1. The maximum atomic E-state index is 11.4. The molecule has 0 bridgehead atoms. The molecule has 1 saturated carbocycles. The second kappa shape index (κ2) is 4.21. The van der Waals surface area contributed by atoms with Gasteiger partial charge in [0, 0.05) is 7.05 Å². The Kier molecular flexibility index (Phi) is 3.37. The van der Waals surface area contributed by atoms with Crippen molar-refractivity contribution in [2.75, 3.05) is 7.05 Å². The fraction of sp³-hybridized carbons (Fsp3) is 0.818. The number of rotatable bonds is 3. The molecule has 1 N–H and O–H groups in total. The molecule has 0 aromatic heterocycles. The predicted octanol–water partition coefficient (Wildman–Crippen LogP) is 1.35. The minimum atomic E-state index is -0.992. The van der Waals surface area contributed by atoms with Gasteiger partial charge in [0.25, 0.3) is 0 Å². The fourth-order valence-corrected chi connectivity index (χ4v) is 2.72. The van der Waals surface area contributed by atoms with Gasteiger partial charge in [0.05, 0.1) is 0 Å². The molecular weight excluding hydrogens is 194 g/mol. The summed E-state index contributed by atoms with van der Waals surface area (Å²) >= 11 is 0. The van der Waals surface area contributed by atoms with Crippen LogP contribution in [0.25, 0.3) is 0 Å². The monoisotopic (exact) mass is 213 g/mol. The average Bonchev–Trinajstić information content (AvgIpc) is 2.16. The Morgan fingerprint density at radius 3 is 2.53 bits per heavy atom. The third kappa shape index (κ3) is 1.85. The van der Waals surface area contributed by atoms with E-state index in [0.29, 0.717) is 18.7 Å². The molecule has 1 aliphatic carbocycles. The molecule has 0 spiro atoms.